The fraction of sp³-hybridized carbons (Fsp3) is 0.143. The number of rotatable bonds is 3. The molecule has 1 aliphatic heterocycles. The van der Waals surface area contributed by atoms with Crippen LogP contribution >= 0.6 is 7.92 Å². The summed E-state index contributed by atoms with van der Waals surface area (Å²) in [5.41, 5.74) is 4.73. The molecule has 0 saturated carbocycles. The molecule has 0 radical (unpaired) electrons. The van der Waals surface area contributed by atoms with E-state index in [9.17, 15) is 0 Å². The van der Waals surface area contributed by atoms with Crippen LogP contribution in [0.15, 0.2) is 80.9 Å². The smallest absolute Gasteiger partial charge is 1.00 e. The van der Waals surface area contributed by atoms with Crippen LogP contribution in [0.3, 0.4) is 0 Å². The van der Waals surface area contributed by atoms with E-state index in [1.165, 1.54) is 18.1 Å². The molecule has 4 heteroatoms. The maximum Gasteiger partial charge on any atom is -1.00 e. The Morgan fingerprint density at radius 1 is 0.920 bits per heavy atom. The Balaban J connectivity index is 0.000000911. The average Bonchev–Trinajstić information content (AvgIpc) is 3.11. The SMILES string of the molecule is C1=C[CH]([Zr+2][C]2=C3C(=CC2)CP3c2ccccc2)c2ccccc21.[Cl-].[Cl-]. The van der Waals surface area contributed by atoms with E-state index < -0.39 is 23.2 Å². The van der Waals surface area contributed by atoms with E-state index >= 15 is 0 Å². The van der Waals surface area contributed by atoms with Gasteiger partial charge in [-0.15, -0.1) is 0 Å². The van der Waals surface area contributed by atoms with Crippen LogP contribution in [-0.2, 0) is 23.2 Å². The van der Waals surface area contributed by atoms with Gasteiger partial charge in [0.1, 0.15) is 0 Å². The minimum Gasteiger partial charge on any atom is -1.00 e. The molecule has 0 spiro atoms. The first-order chi connectivity index (χ1) is 11.4. The Morgan fingerprint density at radius 3 is 2.52 bits per heavy atom. The normalized spacial score (nSPS) is 22.0. The Kier molecular flexibility index (Phi) is 6.23. The van der Waals surface area contributed by atoms with Crippen LogP contribution in [-0.4, -0.2) is 6.16 Å². The van der Waals surface area contributed by atoms with E-state index in [1.807, 2.05) is 3.28 Å². The van der Waals surface area contributed by atoms with Crippen LogP contribution in [0.1, 0.15) is 21.2 Å². The molecule has 25 heavy (non-hydrogen) atoms. The maximum atomic E-state index is 2.53. The molecule has 2 aromatic carbocycles. The van der Waals surface area contributed by atoms with Crippen LogP contribution in [0.2, 0.25) is 0 Å². The summed E-state index contributed by atoms with van der Waals surface area (Å²) in [5, 5.41) is 3.38. The summed E-state index contributed by atoms with van der Waals surface area (Å²) in [6, 6.07) is 20.2. The van der Waals surface area contributed by atoms with Crippen molar-refractivity contribution in [2.45, 2.75) is 10.0 Å². The van der Waals surface area contributed by atoms with Gasteiger partial charge in [-0.25, -0.2) is 0 Å². The number of hydrogen-bond acceptors (Lipinski definition) is 0. The second-order valence-corrected chi connectivity index (χ2v) is 12.2. The van der Waals surface area contributed by atoms with E-state index in [1.54, 1.807) is 21.8 Å². The summed E-state index contributed by atoms with van der Waals surface area (Å²) in [6.45, 7) is 0. The van der Waals surface area contributed by atoms with Crippen LogP contribution in [0.25, 0.3) is 6.08 Å². The van der Waals surface area contributed by atoms with Crippen molar-refractivity contribution in [2.75, 3.05) is 6.16 Å². The largest absolute Gasteiger partial charge is 1.00 e. The number of halogens is 2. The zero-order chi connectivity index (χ0) is 15.2. The number of fused-ring (bicyclic) bond motifs is 2. The van der Waals surface area contributed by atoms with Gasteiger partial charge < -0.3 is 24.8 Å². The summed E-state index contributed by atoms with van der Waals surface area (Å²) in [4.78, 5) is 0. The predicted octanol–water partition coefficient (Wildman–Crippen LogP) is -0.792. The first-order valence-corrected chi connectivity index (χ1v) is 12.4. The van der Waals surface area contributed by atoms with Gasteiger partial charge in [0.25, 0.3) is 0 Å². The van der Waals surface area contributed by atoms with Gasteiger partial charge in [0.15, 0.2) is 0 Å². The monoisotopic (exact) mass is 460 g/mol. The van der Waals surface area contributed by atoms with E-state index in [2.05, 4.69) is 72.8 Å². The average molecular weight is 462 g/mol. The van der Waals surface area contributed by atoms with E-state index in [0.29, 0.717) is 0 Å². The van der Waals surface area contributed by atoms with E-state index in [-0.39, 0.29) is 32.7 Å². The van der Waals surface area contributed by atoms with Crippen molar-refractivity contribution in [1.29, 1.82) is 0 Å². The van der Waals surface area contributed by atoms with Crippen molar-refractivity contribution in [3.05, 3.63) is 92.0 Å². The predicted molar refractivity (Wildman–Crippen MR) is 95.8 cm³/mol. The maximum absolute atomic E-state index is 2.53. The number of benzene rings is 2. The Hall–Kier alpha value is -0.447. The van der Waals surface area contributed by atoms with Crippen LogP contribution < -0.4 is 30.1 Å². The van der Waals surface area contributed by atoms with Crippen molar-refractivity contribution in [1.82, 2.24) is 0 Å². The van der Waals surface area contributed by atoms with Gasteiger partial charge in [-0.3, -0.25) is 0 Å². The van der Waals surface area contributed by atoms with Gasteiger partial charge in [0, 0.05) is 0 Å². The van der Waals surface area contributed by atoms with Crippen molar-refractivity contribution in [3.63, 3.8) is 0 Å². The van der Waals surface area contributed by atoms with E-state index in [4.69, 9.17) is 0 Å². The third-order valence-corrected chi connectivity index (χ3v) is 12.1. The minimum atomic E-state index is -0.578. The van der Waals surface area contributed by atoms with E-state index in [0.717, 1.165) is 3.63 Å². The van der Waals surface area contributed by atoms with Crippen molar-refractivity contribution >= 4 is 19.3 Å². The summed E-state index contributed by atoms with van der Waals surface area (Å²) in [7, 11) is -0.0303. The summed E-state index contributed by atoms with van der Waals surface area (Å²) in [6.07, 6.45) is 9.93. The van der Waals surface area contributed by atoms with Crippen molar-refractivity contribution in [2.24, 2.45) is 0 Å². The molecule has 2 unspecified atom stereocenters. The van der Waals surface area contributed by atoms with Gasteiger partial charge in [0.05, 0.1) is 0 Å². The number of allylic oxidation sites excluding steroid dienone is 5. The fourth-order valence-electron chi connectivity index (χ4n) is 3.76. The number of hydrogen-bond donors (Lipinski definition) is 0. The fourth-order valence-corrected chi connectivity index (χ4v) is 11.3. The molecule has 5 rings (SSSR count). The molecule has 3 aliphatic rings. The third-order valence-electron chi connectivity index (χ3n) is 4.94. The first-order valence-electron chi connectivity index (χ1n) is 8.19. The summed E-state index contributed by atoms with van der Waals surface area (Å²) >= 11 is -0.578. The molecule has 0 bridgehead atoms. The molecule has 2 aliphatic carbocycles. The van der Waals surface area contributed by atoms with Crippen molar-refractivity contribution in [3.8, 4) is 0 Å². The molecule has 124 valence electrons. The van der Waals surface area contributed by atoms with Crippen LogP contribution in [0.4, 0.5) is 0 Å². The molecular formula is C21H17Cl2PZr. The van der Waals surface area contributed by atoms with Gasteiger partial charge in [-0.2, -0.15) is 0 Å². The zero-order valence-corrected chi connectivity index (χ0v) is 18.5. The second kappa shape index (κ2) is 8.06. The quantitative estimate of drug-likeness (QED) is 0.525. The van der Waals surface area contributed by atoms with Gasteiger partial charge >= 0.3 is 151 Å². The zero-order valence-electron chi connectivity index (χ0n) is 13.6. The Bertz CT molecular complexity index is 870. The molecule has 0 nitrogen and oxygen atoms in total. The summed E-state index contributed by atoms with van der Waals surface area (Å²) in [5.74, 6) is 0. The van der Waals surface area contributed by atoms with Crippen LogP contribution in [0, 0.1) is 0 Å². The summed E-state index contributed by atoms with van der Waals surface area (Å²) < 4.78 is 2.62. The van der Waals surface area contributed by atoms with Crippen LogP contribution in [0.5, 0.6) is 0 Å². The molecule has 2 atom stereocenters. The second-order valence-electron chi connectivity index (χ2n) is 6.29. The Morgan fingerprint density at radius 2 is 1.68 bits per heavy atom. The molecule has 1 fully saturated rings. The standard InChI is InChI=1S/C12H10P.C9H7.2ClH.Zr/c1-2-6-11(7-3-1)13-9-10-5-4-8-12(10)13;1-2-5-9-7-3-6-8(9)4-1;;;/h1-3,5-7H,4,9H2;1-7H;2*1H;/q;;;;+2/p-2. The van der Waals surface area contributed by atoms with Gasteiger partial charge in [-0.1, -0.05) is 0 Å². The van der Waals surface area contributed by atoms with Gasteiger partial charge in [-0.05, 0) is 0 Å². The minimum absolute atomic E-state index is 0. The molecule has 0 amide bonds. The molecule has 1 saturated heterocycles. The first kappa shape index (κ1) is 19.3. The molecule has 0 aromatic heterocycles. The molecule has 0 N–H and O–H groups in total. The van der Waals surface area contributed by atoms with Crippen molar-refractivity contribution < 1.29 is 48.0 Å². The third kappa shape index (κ3) is 3.42. The van der Waals surface area contributed by atoms with Gasteiger partial charge in [0.2, 0.25) is 0 Å². The topological polar surface area (TPSA) is 0 Å². The Labute approximate surface area is 174 Å². The molecule has 1 heterocycles. The molecule has 2 aromatic rings. The molecular weight excluding hydrogens is 445 g/mol.